The molecule has 1 N–H and O–H groups in total. The van der Waals surface area contributed by atoms with Gasteiger partial charge in [-0.2, -0.15) is 4.98 Å². The van der Waals surface area contributed by atoms with Crippen LogP contribution in [0, 0.1) is 0 Å². The number of hydrogen-bond acceptors (Lipinski definition) is 7. The molecule has 2 aromatic rings. The number of nitrogens with zero attached hydrogens (tertiary/aromatic N) is 5. The molecule has 8 nitrogen and oxygen atoms in total. The standard InChI is InChI=1S/C12H16N6O2/c1-8(18(2)3)12(19)15-7-9-16-11(17-20-9)10-13-5-4-6-14-10/h4-6,8H,7H2,1-3H3,(H,15,19)/t8-/m1/s1. The Morgan fingerprint density at radius 1 is 1.35 bits per heavy atom. The van der Waals surface area contributed by atoms with Crippen LogP contribution in [0.3, 0.4) is 0 Å². The summed E-state index contributed by atoms with van der Waals surface area (Å²) in [5.41, 5.74) is 0. The van der Waals surface area contributed by atoms with Crippen molar-refractivity contribution in [2.45, 2.75) is 19.5 Å². The van der Waals surface area contributed by atoms with Gasteiger partial charge in [0.05, 0.1) is 12.6 Å². The number of carbonyl (C=O) groups is 1. The van der Waals surface area contributed by atoms with Gasteiger partial charge in [-0.3, -0.25) is 9.69 Å². The molecule has 2 rings (SSSR count). The van der Waals surface area contributed by atoms with E-state index in [4.69, 9.17) is 4.52 Å². The summed E-state index contributed by atoms with van der Waals surface area (Å²) in [4.78, 5) is 25.7. The molecule has 8 heteroatoms. The highest BCUT2D eigenvalue weighted by molar-refractivity contribution is 5.81. The number of carbonyl (C=O) groups excluding carboxylic acids is 1. The minimum atomic E-state index is -0.227. The summed E-state index contributed by atoms with van der Waals surface area (Å²) in [5, 5.41) is 6.50. The largest absolute Gasteiger partial charge is 0.346 e. The first-order valence-corrected chi connectivity index (χ1v) is 6.12. The van der Waals surface area contributed by atoms with Crippen molar-refractivity contribution in [2.24, 2.45) is 0 Å². The van der Waals surface area contributed by atoms with Crippen LogP contribution in [0.2, 0.25) is 0 Å². The van der Waals surface area contributed by atoms with Gasteiger partial charge in [0.2, 0.25) is 23.4 Å². The molecule has 20 heavy (non-hydrogen) atoms. The second-order valence-corrected chi connectivity index (χ2v) is 4.44. The van der Waals surface area contributed by atoms with Crippen LogP contribution in [0.4, 0.5) is 0 Å². The smallest absolute Gasteiger partial charge is 0.246 e. The Balaban J connectivity index is 1.96. The highest BCUT2D eigenvalue weighted by atomic mass is 16.5. The van der Waals surface area contributed by atoms with Gasteiger partial charge in [-0.1, -0.05) is 5.16 Å². The third-order valence-electron chi connectivity index (χ3n) is 2.80. The van der Waals surface area contributed by atoms with Gasteiger partial charge in [-0.25, -0.2) is 9.97 Å². The van der Waals surface area contributed by atoms with E-state index in [1.54, 1.807) is 18.5 Å². The maximum Gasteiger partial charge on any atom is 0.246 e. The first kappa shape index (κ1) is 14.1. The zero-order valence-corrected chi connectivity index (χ0v) is 11.6. The average Bonchev–Trinajstić information content (AvgIpc) is 2.93. The molecule has 0 unspecified atom stereocenters. The predicted octanol–water partition coefficient (Wildman–Crippen LogP) is 0.0929. The fraction of sp³-hybridized carbons (Fsp3) is 0.417. The summed E-state index contributed by atoms with van der Waals surface area (Å²) in [6, 6.07) is 1.47. The fourth-order valence-electron chi connectivity index (χ4n) is 1.38. The Morgan fingerprint density at radius 2 is 2.05 bits per heavy atom. The summed E-state index contributed by atoms with van der Waals surface area (Å²) < 4.78 is 5.04. The Bertz CT molecular complexity index is 568. The van der Waals surface area contributed by atoms with Crippen LogP contribution in [-0.4, -0.2) is 51.1 Å². The average molecular weight is 276 g/mol. The van der Waals surface area contributed by atoms with Crippen molar-refractivity contribution >= 4 is 5.91 Å². The SMILES string of the molecule is C[C@H](C(=O)NCc1nc(-c2ncccn2)no1)N(C)C. The summed E-state index contributed by atoms with van der Waals surface area (Å²) in [5.74, 6) is 0.892. The lowest BCUT2D eigenvalue weighted by molar-refractivity contribution is -0.125. The Hall–Kier alpha value is -2.35. The van der Waals surface area contributed by atoms with Gasteiger partial charge < -0.3 is 9.84 Å². The monoisotopic (exact) mass is 276 g/mol. The normalized spacial score (nSPS) is 12.4. The molecule has 2 aromatic heterocycles. The molecule has 1 atom stereocenters. The molecule has 0 aromatic carbocycles. The van der Waals surface area contributed by atoms with E-state index in [0.717, 1.165) is 0 Å². The highest BCUT2D eigenvalue weighted by Gasteiger charge is 2.16. The molecule has 1 amide bonds. The van der Waals surface area contributed by atoms with Gasteiger partial charge in [0.1, 0.15) is 0 Å². The van der Waals surface area contributed by atoms with Crippen molar-refractivity contribution in [1.29, 1.82) is 0 Å². The summed E-state index contributed by atoms with van der Waals surface area (Å²) >= 11 is 0. The Morgan fingerprint density at radius 3 is 2.70 bits per heavy atom. The van der Waals surface area contributed by atoms with Gasteiger partial charge in [-0.05, 0) is 27.1 Å². The van der Waals surface area contributed by atoms with Gasteiger partial charge in [0, 0.05) is 12.4 Å². The summed E-state index contributed by atoms with van der Waals surface area (Å²) in [7, 11) is 3.67. The number of likely N-dealkylation sites (N-methyl/N-ethyl adjacent to an activating group) is 1. The van der Waals surface area contributed by atoms with Crippen LogP contribution < -0.4 is 5.32 Å². The van der Waals surface area contributed by atoms with Crippen molar-refractivity contribution in [1.82, 2.24) is 30.3 Å². The highest BCUT2D eigenvalue weighted by Crippen LogP contribution is 2.08. The summed E-state index contributed by atoms with van der Waals surface area (Å²) in [6.45, 7) is 1.99. The van der Waals surface area contributed by atoms with E-state index >= 15 is 0 Å². The van der Waals surface area contributed by atoms with E-state index in [0.29, 0.717) is 17.5 Å². The number of rotatable bonds is 5. The first-order valence-electron chi connectivity index (χ1n) is 6.12. The fourth-order valence-corrected chi connectivity index (χ4v) is 1.38. The number of amides is 1. The van der Waals surface area contributed by atoms with Gasteiger partial charge >= 0.3 is 0 Å². The van der Waals surface area contributed by atoms with Crippen LogP contribution in [-0.2, 0) is 11.3 Å². The van der Waals surface area contributed by atoms with Gasteiger partial charge in [0.15, 0.2) is 0 Å². The quantitative estimate of drug-likeness (QED) is 0.826. The second kappa shape index (κ2) is 6.20. The van der Waals surface area contributed by atoms with E-state index in [2.05, 4.69) is 25.4 Å². The first-order chi connectivity index (χ1) is 9.58. The lowest BCUT2D eigenvalue weighted by atomic mass is 10.3. The molecule has 0 aliphatic rings. The molecular formula is C12H16N6O2. The lowest BCUT2D eigenvalue weighted by Gasteiger charge is -2.18. The van der Waals surface area contributed by atoms with Crippen LogP contribution in [0.5, 0.6) is 0 Å². The predicted molar refractivity (Wildman–Crippen MR) is 70.3 cm³/mol. The summed E-state index contributed by atoms with van der Waals surface area (Å²) in [6.07, 6.45) is 3.19. The maximum atomic E-state index is 11.8. The second-order valence-electron chi connectivity index (χ2n) is 4.44. The molecule has 0 spiro atoms. The zero-order valence-electron chi connectivity index (χ0n) is 11.6. The molecule has 0 radical (unpaired) electrons. The maximum absolute atomic E-state index is 11.8. The van der Waals surface area contributed by atoms with Crippen LogP contribution in [0.25, 0.3) is 11.6 Å². The number of nitrogens with one attached hydrogen (secondary N) is 1. The molecule has 0 aliphatic heterocycles. The lowest BCUT2D eigenvalue weighted by Crippen LogP contribution is -2.41. The van der Waals surface area contributed by atoms with Gasteiger partial charge in [0.25, 0.3) is 0 Å². The molecular weight excluding hydrogens is 260 g/mol. The minimum Gasteiger partial charge on any atom is -0.346 e. The number of aromatic nitrogens is 4. The van der Waals surface area contributed by atoms with E-state index in [9.17, 15) is 4.79 Å². The van der Waals surface area contributed by atoms with Crippen LogP contribution in [0.1, 0.15) is 12.8 Å². The van der Waals surface area contributed by atoms with E-state index < -0.39 is 0 Å². The molecule has 106 valence electrons. The molecule has 0 saturated heterocycles. The Labute approximate surface area is 116 Å². The molecule has 2 heterocycles. The topological polar surface area (TPSA) is 97.0 Å². The van der Waals surface area contributed by atoms with Crippen molar-refractivity contribution in [2.75, 3.05) is 14.1 Å². The zero-order chi connectivity index (χ0) is 14.5. The number of hydrogen-bond donors (Lipinski definition) is 1. The molecule has 0 fully saturated rings. The third-order valence-corrected chi connectivity index (χ3v) is 2.80. The van der Waals surface area contributed by atoms with Crippen LogP contribution in [0.15, 0.2) is 23.0 Å². The molecule has 0 aliphatic carbocycles. The molecule has 0 saturated carbocycles. The third kappa shape index (κ3) is 3.35. The van der Waals surface area contributed by atoms with Crippen LogP contribution >= 0.6 is 0 Å². The molecule has 0 bridgehead atoms. The van der Waals surface area contributed by atoms with E-state index in [1.165, 1.54) is 0 Å². The van der Waals surface area contributed by atoms with Crippen molar-refractivity contribution in [3.63, 3.8) is 0 Å². The van der Waals surface area contributed by atoms with Gasteiger partial charge in [-0.15, -0.1) is 0 Å². The Kier molecular flexibility index (Phi) is 4.36. The van der Waals surface area contributed by atoms with Crippen molar-refractivity contribution < 1.29 is 9.32 Å². The van der Waals surface area contributed by atoms with Crippen molar-refractivity contribution in [3.8, 4) is 11.6 Å². The van der Waals surface area contributed by atoms with Crippen molar-refractivity contribution in [3.05, 3.63) is 24.4 Å². The minimum absolute atomic E-state index is 0.106. The van der Waals surface area contributed by atoms with E-state index in [-0.39, 0.29) is 18.5 Å². The van der Waals surface area contributed by atoms with E-state index in [1.807, 2.05) is 25.9 Å².